The average molecular weight is 456 g/mol. The zero-order valence-electron chi connectivity index (χ0n) is 17.4. The van der Waals surface area contributed by atoms with Gasteiger partial charge in [-0.25, -0.2) is 14.6 Å². The number of hydrogen-bond donors (Lipinski definition) is 3. The molecule has 1 saturated carbocycles. The molecule has 5 amide bonds. The van der Waals surface area contributed by atoms with Gasteiger partial charge in [0, 0.05) is 24.8 Å². The number of nitrogens with one attached hydrogen (secondary N) is 3. The highest BCUT2D eigenvalue weighted by molar-refractivity contribution is 6.34. The van der Waals surface area contributed by atoms with Crippen LogP contribution in [-0.2, 0) is 11.3 Å². The summed E-state index contributed by atoms with van der Waals surface area (Å²) in [5.41, 5.74) is 0.643. The van der Waals surface area contributed by atoms with Crippen LogP contribution in [0.25, 0.3) is 0 Å². The largest absolute Gasteiger partial charge is 0.351 e. The second-order valence-corrected chi connectivity index (χ2v) is 8.74. The van der Waals surface area contributed by atoms with Gasteiger partial charge in [0.2, 0.25) is 5.95 Å². The minimum Gasteiger partial charge on any atom is -0.351 e. The molecule has 32 heavy (non-hydrogen) atoms. The van der Waals surface area contributed by atoms with Crippen molar-refractivity contribution in [3.63, 3.8) is 0 Å². The van der Waals surface area contributed by atoms with Crippen LogP contribution in [0, 0.1) is 0 Å². The molecule has 2 aromatic rings. The van der Waals surface area contributed by atoms with E-state index in [1.54, 1.807) is 30.3 Å². The Morgan fingerprint density at radius 3 is 2.62 bits per heavy atom. The van der Waals surface area contributed by atoms with Gasteiger partial charge >= 0.3 is 12.1 Å². The molecule has 1 spiro atoms. The van der Waals surface area contributed by atoms with E-state index in [0.717, 1.165) is 5.56 Å². The van der Waals surface area contributed by atoms with Crippen LogP contribution in [-0.4, -0.2) is 46.6 Å². The van der Waals surface area contributed by atoms with Gasteiger partial charge in [-0.05, 0) is 37.8 Å². The summed E-state index contributed by atoms with van der Waals surface area (Å²) in [4.78, 5) is 48.7. The Kier molecular flexibility index (Phi) is 4.89. The van der Waals surface area contributed by atoms with Crippen LogP contribution in [0.1, 0.15) is 31.2 Å². The summed E-state index contributed by atoms with van der Waals surface area (Å²) in [5, 5.41) is 8.89. The number of amides is 5. The van der Waals surface area contributed by atoms with Crippen molar-refractivity contribution in [3.8, 4) is 0 Å². The molecule has 5 rings (SSSR count). The van der Waals surface area contributed by atoms with Gasteiger partial charge < -0.3 is 10.6 Å². The summed E-state index contributed by atoms with van der Waals surface area (Å²) in [7, 11) is 1.67. The number of anilines is 3. The van der Waals surface area contributed by atoms with Crippen molar-refractivity contribution >= 4 is 47.0 Å². The van der Waals surface area contributed by atoms with Crippen molar-refractivity contribution in [2.24, 2.45) is 0 Å². The molecule has 0 bridgehead atoms. The van der Waals surface area contributed by atoms with Crippen molar-refractivity contribution < 1.29 is 14.4 Å². The zero-order chi connectivity index (χ0) is 22.5. The molecule has 0 unspecified atom stereocenters. The molecule has 3 N–H and O–H groups in total. The molecule has 1 aromatic heterocycles. The number of aromatic nitrogens is 2. The van der Waals surface area contributed by atoms with E-state index in [4.69, 9.17) is 11.6 Å². The minimum atomic E-state index is -0.805. The number of hydrogen-bond acceptors (Lipinski definition) is 6. The van der Waals surface area contributed by atoms with Gasteiger partial charge in [0.25, 0.3) is 5.91 Å². The standard InChI is InChI=1S/C21H22ClN7O3/c1-28-16-12(11-29(20(28)32)15-5-3-2-4-14(15)22)10-23-18(25-16)24-13-6-8-21(9-7-13)17(30)26-19(31)27-21/h2-5,10,13H,6-9,11H2,1H3,(H,23,24,25)(H2,26,27,30,31). The van der Waals surface area contributed by atoms with Gasteiger partial charge in [0.15, 0.2) is 0 Å². The van der Waals surface area contributed by atoms with E-state index >= 15 is 0 Å². The third-order valence-corrected chi connectivity index (χ3v) is 6.66. The Morgan fingerprint density at radius 2 is 1.94 bits per heavy atom. The van der Waals surface area contributed by atoms with Gasteiger partial charge in [0.1, 0.15) is 11.4 Å². The molecule has 1 aromatic carbocycles. The molecule has 11 heteroatoms. The second-order valence-electron chi connectivity index (χ2n) is 8.33. The Balaban J connectivity index is 1.30. The number of fused-ring (bicyclic) bond motifs is 1. The Bertz CT molecular complexity index is 1120. The van der Waals surface area contributed by atoms with Gasteiger partial charge in [-0.3, -0.25) is 19.9 Å². The van der Waals surface area contributed by atoms with Crippen LogP contribution < -0.4 is 25.8 Å². The second kappa shape index (κ2) is 7.63. The van der Waals surface area contributed by atoms with Crippen LogP contribution in [0.2, 0.25) is 5.02 Å². The number of carbonyl (C=O) groups excluding carboxylic acids is 3. The van der Waals surface area contributed by atoms with Gasteiger partial charge in [-0.2, -0.15) is 4.98 Å². The van der Waals surface area contributed by atoms with Gasteiger partial charge in [-0.15, -0.1) is 0 Å². The van der Waals surface area contributed by atoms with Crippen molar-refractivity contribution in [2.45, 2.75) is 43.8 Å². The van der Waals surface area contributed by atoms with E-state index in [-0.39, 0.29) is 18.0 Å². The molecular weight excluding hydrogens is 434 g/mol. The van der Waals surface area contributed by atoms with Crippen molar-refractivity contribution in [1.82, 2.24) is 20.6 Å². The van der Waals surface area contributed by atoms with E-state index in [2.05, 4.69) is 25.9 Å². The Hall–Kier alpha value is -3.40. The van der Waals surface area contributed by atoms with Crippen LogP contribution >= 0.6 is 11.6 Å². The number of imide groups is 1. The monoisotopic (exact) mass is 455 g/mol. The molecule has 10 nitrogen and oxygen atoms in total. The lowest BCUT2D eigenvalue weighted by Crippen LogP contribution is -2.51. The van der Waals surface area contributed by atoms with E-state index in [1.807, 2.05) is 12.1 Å². The SMILES string of the molecule is CN1C(=O)N(c2ccccc2Cl)Cc2cnc(NC3CCC4(CC3)NC(=O)NC4=O)nc21. The number of rotatable bonds is 3. The smallest absolute Gasteiger partial charge is 0.330 e. The van der Waals surface area contributed by atoms with Gasteiger partial charge in [-0.1, -0.05) is 23.7 Å². The summed E-state index contributed by atoms with van der Waals surface area (Å²) in [6.45, 7) is 0.323. The predicted molar refractivity (Wildman–Crippen MR) is 119 cm³/mol. The maximum Gasteiger partial charge on any atom is 0.330 e. The molecule has 1 saturated heterocycles. The molecule has 3 heterocycles. The van der Waals surface area contributed by atoms with Crippen LogP contribution in [0.15, 0.2) is 30.5 Å². The number of urea groups is 2. The molecule has 2 fully saturated rings. The quantitative estimate of drug-likeness (QED) is 0.612. The Labute approximate surface area is 189 Å². The summed E-state index contributed by atoms with van der Waals surface area (Å²) < 4.78 is 0. The maximum absolute atomic E-state index is 13.0. The molecule has 2 aliphatic heterocycles. The molecule has 0 radical (unpaired) electrons. The molecule has 3 aliphatic rings. The van der Waals surface area contributed by atoms with Crippen molar-refractivity contribution in [2.75, 3.05) is 22.2 Å². The predicted octanol–water partition coefficient (Wildman–Crippen LogP) is 2.64. The molecular formula is C21H22ClN7O3. The van der Waals surface area contributed by atoms with Crippen LogP contribution in [0.4, 0.5) is 27.0 Å². The average Bonchev–Trinajstić information content (AvgIpc) is 3.06. The van der Waals surface area contributed by atoms with E-state index in [1.165, 1.54) is 4.90 Å². The van der Waals surface area contributed by atoms with Crippen molar-refractivity contribution in [3.05, 3.63) is 41.0 Å². The molecule has 0 atom stereocenters. The third kappa shape index (κ3) is 3.40. The van der Waals surface area contributed by atoms with Crippen LogP contribution in [0.3, 0.4) is 0 Å². The highest BCUT2D eigenvalue weighted by atomic mass is 35.5. The minimum absolute atomic E-state index is 0.0631. The summed E-state index contributed by atoms with van der Waals surface area (Å²) >= 11 is 6.29. The highest BCUT2D eigenvalue weighted by Gasteiger charge is 2.48. The zero-order valence-corrected chi connectivity index (χ0v) is 18.1. The number of para-hydroxylation sites is 1. The number of nitrogens with zero attached hydrogens (tertiary/aromatic N) is 4. The lowest BCUT2D eigenvalue weighted by atomic mass is 9.79. The van der Waals surface area contributed by atoms with E-state index in [9.17, 15) is 14.4 Å². The fourth-order valence-corrected chi connectivity index (χ4v) is 4.79. The van der Waals surface area contributed by atoms with Crippen molar-refractivity contribution in [1.29, 1.82) is 0 Å². The molecule has 166 valence electrons. The summed E-state index contributed by atoms with van der Waals surface area (Å²) in [6, 6.07) is 6.61. The lowest BCUT2D eigenvalue weighted by molar-refractivity contribution is -0.125. The first kappa shape index (κ1) is 20.5. The summed E-state index contributed by atoms with van der Waals surface area (Å²) in [6.07, 6.45) is 4.16. The highest BCUT2D eigenvalue weighted by Crippen LogP contribution is 2.35. The first-order valence-electron chi connectivity index (χ1n) is 10.4. The first-order chi connectivity index (χ1) is 15.4. The molecule has 1 aliphatic carbocycles. The van der Waals surface area contributed by atoms with Gasteiger partial charge in [0.05, 0.1) is 17.3 Å². The lowest BCUT2D eigenvalue weighted by Gasteiger charge is -2.36. The number of halogens is 1. The number of benzene rings is 1. The summed E-state index contributed by atoms with van der Waals surface area (Å²) in [5.74, 6) is 0.718. The third-order valence-electron chi connectivity index (χ3n) is 6.34. The first-order valence-corrected chi connectivity index (χ1v) is 10.8. The van der Waals surface area contributed by atoms with E-state index in [0.29, 0.717) is 54.7 Å². The fourth-order valence-electron chi connectivity index (χ4n) is 4.56. The number of carbonyl (C=O) groups is 3. The normalized spacial score (nSPS) is 24.9. The van der Waals surface area contributed by atoms with E-state index < -0.39 is 11.6 Å². The topological polar surface area (TPSA) is 120 Å². The maximum atomic E-state index is 13.0. The fraction of sp³-hybridized carbons (Fsp3) is 0.381. The van der Waals surface area contributed by atoms with Crippen LogP contribution in [0.5, 0.6) is 0 Å². The Morgan fingerprint density at radius 1 is 1.19 bits per heavy atom.